The molecule has 0 radical (unpaired) electrons. The Labute approximate surface area is 116 Å². The first-order chi connectivity index (χ1) is 9.76. The minimum atomic E-state index is -1.64. The second-order valence-electron chi connectivity index (χ2n) is 3.72. The minimum Gasteiger partial charge on any atom is -0.192 e. The highest BCUT2D eigenvalue weighted by molar-refractivity contribution is 7.75. The van der Waals surface area contributed by atoms with Gasteiger partial charge in [0.05, 0.1) is 5.69 Å². The fourth-order valence-corrected chi connectivity index (χ4v) is 2.90. The molecule has 2 rings (SSSR count). The minimum absolute atomic E-state index is 0.390. The van der Waals surface area contributed by atoms with Crippen molar-refractivity contribution < 1.29 is 0 Å². The van der Waals surface area contributed by atoms with Crippen molar-refractivity contribution in [2.45, 2.75) is 0 Å². The molecule has 0 bridgehead atoms. The number of hydrogen-bond acceptors (Lipinski definition) is 5. The van der Waals surface area contributed by atoms with Crippen molar-refractivity contribution in [3.63, 3.8) is 0 Å². The van der Waals surface area contributed by atoms with E-state index in [0.29, 0.717) is 16.4 Å². The fourth-order valence-electron chi connectivity index (χ4n) is 1.93. The van der Waals surface area contributed by atoms with Gasteiger partial charge in [-0.1, -0.05) is 30.3 Å². The molecule has 0 aromatic heterocycles. The molecule has 0 heterocycles. The average Bonchev–Trinajstić information content (AvgIpc) is 2.50. The molecule has 0 saturated heterocycles. The van der Waals surface area contributed by atoms with Crippen molar-refractivity contribution in [3.8, 4) is 24.0 Å². The molecule has 2 aromatic rings. The molecule has 6 heteroatoms. The lowest BCUT2D eigenvalue weighted by Gasteiger charge is -2.13. The molecule has 0 fully saturated rings. The Kier molecular flexibility index (Phi) is 3.79. The van der Waals surface area contributed by atoms with E-state index in [1.807, 2.05) is 23.8 Å². The molecule has 2 aromatic carbocycles. The van der Waals surface area contributed by atoms with Gasteiger partial charge in [0.2, 0.25) is 0 Å². The molecule has 0 atom stereocenters. The van der Waals surface area contributed by atoms with Crippen LogP contribution in [0, 0.1) is 45.1 Å². The number of fused-ring (bicyclic) bond motifs is 1. The van der Waals surface area contributed by atoms with Crippen LogP contribution in [-0.4, -0.2) is 0 Å². The summed E-state index contributed by atoms with van der Waals surface area (Å²) in [6.45, 7) is 0. The molecule has 0 spiro atoms. The zero-order chi connectivity index (χ0) is 14.5. The van der Waals surface area contributed by atoms with Gasteiger partial charge in [0, 0.05) is 10.7 Å². The van der Waals surface area contributed by atoms with Crippen LogP contribution in [0.2, 0.25) is 0 Å². The Hall–Kier alpha value is -3.11. The summed E-state index contributed by atoms with van der Waals surface area (Å²) in [4.78, 5) is 0.869. The first-order valence-electron chi connectivity index (χ1n) is 5.47. The Balaban J connectivity index is 2.87. The molecule has 0 saturated carbocycles. The molecule has 0 unspecified atom stereocenters. The maximum atomic E-state index is 9.10. The lowest BCUT2D eigenvalue weighted by Crippen LogP contribution is -2.11. The highest BCUT2D eigenvalue weighted by atomic mass is 31.1. The van der Waals surface area contributed by atoms with Crippen molar-refractivity contribution in [1.29, 1.82) is 21.0 Å². The summed E-state index contributed by atoms with van der Waals surface area (Å²) in [7, 11) is -1.64. The van der Waals surface area contributed by atoms with Crippen LogP contribution in [-0.2, 0) is 0 Å². The van der Waals surface area contributed by atoms with E-state index in [1.54, 1.807) is 36.7 Å². The third-order valence-corrected chi connectivity index (χ3v) is 4.00. The van der Waals surface area contributed by atoms with Crippen molar-refractivity contribution in [2.24, 2.45) is 0 Å². The van der Waals surface area contributed by atoms with Gasteiger partial charge in [-0.25, -0.2) is 0 Å². The highest BCUT2D eigenvalue weighted by Crippen LogP contribution is 2.37. The molecule has 92 valence electrons. The predicted octanol–water partition coefficient (Wildman–Crippen LogP) is 2.68. The first kappa shape index (κ1) is 13.3. The topological polar surface area (TPSA) is 98.4 Å². The molecule has 5 nitrogen and oxygen atoms in total. The second kappa shape index (κ2) is 5.69. The van der Waals surface area contributed by atoms with Crippen molar-refractivity contribution >= 4 is 29.7 Å². The standard InChI is InChI=1S/C14H6N5P/c15-7-19(8-16)12-5-1-3-11-4-2-6-13(14(11)12)20(9-17)10-18/h1-6H. The quantitative estimate of drug-likeness (QED) is 0.476. The summed E-state index contributed by atoms with van der Waals surface area (Å²) in [6.07, 6.45) is 3.55. The molecule has 0 aliphatic heterocycles. The van der Waals surface area contributed by atoms with Gasteiger partial charge in [-0.3, -0.25) is 0 Å². The summed E-state index contributed by atoms with van der Waals surface area (Å²) in [5, 5.41) is 38.2. The lowest BCUT2D eigenvalue weighted by atomic mass is 10.1. The van der Waals surface area contributed by atoms with Crippen molar-refractivity contribution in [2.75, 3.05) is 4.90 Å². The predicted molar refractivity (Wildman–Crippen MR) is 75.4 cm³/mol. The molecular weight excluding hydrogens is 269 g/mol. The Morgan fingerprint density at radius 1 is 0.850 bits per heavy atom. The van der Waals surface area contributed by atoms with E-state index >= 15 is 0 Å². The smallest absolute Gasteiger partial charge is 0.192 e. The van der Waals surface area contributed by atoms with Gasteiger partial charge in [0.1, 0.15) is 19.5 Å². The molecular formula is C14H6N5P. The van der Waals surface area contributed by atoms with Crippen LogP contribution in [0.4, 0.5) is 5.69 Å². The average molecular weight is 275 g/mol. The van der Waals surface area contributed by atoms with Gasteiger partial charge in [-0.15, -0.1) is 0 Å². The van der Waals surface area contributed by atoms with E-state index in [-0.39, 0.29) is 0 Å². The van der Waals surface area contributed by atoms with Gasteiger partial charge < -0.3 is 0 Å². The second-order valence-corrected chi connectivity index (χ2v) is 5.28. The number of rotatable bonds is 2. The highest BCUT2D eigenvalue weighted by Gasteiger charge is 2.18. The number of anilines is 1. The van der Waals surface area contributed by atoms with Crippen LogP contribution in [0.5, 0.6) is 0 Å². The van der Waals surface area contributed by atoms with E-state index in [4.69, 9.17) is 21.0 Å². The normalized spacial score (nSPS) is 9.25. The van der Waals surface area contributed by atoms with Crippen molar-refractivity contribution in [3.05, 3.63) is 36.4 Å². The van der Waals surface area contributed by atoms with Crippen LogP contribution in [0.15, 0.2) is 36.4 Å². The van der Waals surface area contributed by atoms with Crippen LogP contribution in [0.25, 0.3) is 10.8 Å². The third kappa shape index (κ3) is 2.11. The number of nitrogens with zero attached hydrogens (tertiary/aromatic N) is 5. The summed E-state index contributed by atoms with van der Waals surface area (Å²) >= 11 is 0. The SMILES string of the molecule is N#CN(C#N)c1cccc2cccc(P(C#N)C#N)c12. The maximum Gasteiger partial charge on any atom is 0.198 e. The Bertz CT molecular complexity index is 737. The van der Waals surface area contributed by atoms with E-state index in [2.05, 4.69) is 0 Å². The van der Waals surface area contributed by atoms with Crippen LogP contribution >= 0.6 is 7.92 Å². The summed E-state index contributed by atoms with van der Waals surface area (Å²) < 4.78 is 0. The van der Waals surface area contributed by atoms with Gasteiger partial charge >= 0.3 is 0 Å². The molecule has 20 heavy (non-hydrogen) atoms. The number of benzene rings is 2. The zero-order valence-corrected chi connectivity index (χ0v) is 11.0. The summed E-state index contributed by atoms with van der Waals surface area (Å²) in [6, 6.07) is 10.4. The number of nitriles is 4. The van der Waals surface area contributed by atoms with Gasteiger partial charge in [0.15, 0.2) is 12.4 Å². The van der Waals surface area contributed by atoms with Gasteiger partial charge in [-0.2, -0.15) is 25.9 Å². The van der Waals surface area contributed by atoms with E-state index in [0.717, 1.165) is 10.3 Å². The van der Waals surface area contributed by atoms with Crippen LogP contribution in [0.3, 0.4) is 0 Å². The van der Waals surface area contributed by atoms with E-state index < -0.39 is 7.92 Å². The molecule has 0 aliphatic carbocycles. The Morgan fingerprint density at radius 2 is 1.45 bits per heavy atom. The van der Waals surface area contributed by atoms with E-state index in [1.165, 1.54) is 0 Å². The maximum absolute atomic E-state index is 9.10. The monoisotopic (exact) mass is 275 g/mol. The largest absolute Gasteiger partial charge is 0.198 e. The Morgan fingerprint density at radius 3 is 2.00 bits per heavy atom. The third-order valence-electron chi connectivity index (χ3n) is 2.74. The molecule has 0 amide bonds. The summed E-state index contributed by atoms with van der Waals surface area (Å²) in [5.74, 6) is 3.96. The molecule has 0 aliphatic rings. The summed E-state index contributed by atoms with van der Waals surface area (Å²) in [5.41, 5.74) is 0.390. The first-order valence-corrected chi connectivity index (χ1v) is 6.82. The van der Waals surface area contributed by atoms with Gasteiger partial charge in [0.25, 0.3) is 0 Å². The van der Waals surface area contributed by atoms with Crippen LogP contribution in [0.1, 0.15) is 0 Å². The fraction of sp³-hybridized carbons (Fsp3) is 0. The van der Waals surface area contributed by atoms with E-state index in [9.17, 15) is 0 Å². The lowest BCUT2D eigenvalue weighted by molar-refractivity contribution is 1.28. The zero-order valence-electron chi connectivity index (χ0n) is 10.1. The van der Waals surface area contributed by atoms with Gasteiger partial charge in [-0.05, 0) is 11.5 Å². The molecule has 0 N–H and O–H groups in total. The number of hydrogen-bond donors (Lipinski definition) is 0. The van der Waals surface area contributed by atoms with Crippen molar-refractivity contribution in [1.82, 2.24) is 0 Å². The van der Waals surface area contributed by atoms with Crippen LogP contribution < -0.4 is 10.2 Å².